The Morgan fingerprint density at radius 2 is 1.80 bits per heavy atom. The van der Waals surface area contributed by atoms with Gasteiger partial charge in [-0.2, -0.15) is 0 Å². The number of hydrogen-bond acceptors (Lipinski definition) is 6. The second kappa shape index (κ2) is 14.9. The standard InChI is InChI=1S/C37H44ClN5O2/c1-25-14-18-39-23-30(25)24-43(34-9-7-6-8-33(34)29-10-12-32(45-5)13-11-29)31-16-20-42(21-17-31)27(3)15-19-40-37(44)36-26(2)22-35(38)41-28(36)4/h6-14,18,22-23,27,31H,15-17,19-21,24H2,1-5H3,(H,40,44)/t27-/m0/s1. The molecular formula is C37H44ClN5O2. The second-order valence-electron chi connectivity index (χ2n) is 12.1. The summed E-state index contributed by atoms with van der Waals surface area (Å²) in [6, 6.07) is 21.6. The first-order chi connectivity index (χ1) is 21.7. The molecule has 0 radical (unpaired) electrons. The third kappa shape index (κ3) is 7.84. The lowest BCUT2D eigenvalue weighted by Gasteiger charge is -2.42. The first-order valence-corrected chi connectivity index (χ1v) is 16.2. The molecule has 2 aromatic heterocycles. The molecule has 4 aromatic rings. The molecule has 7 nitrogen and oxygen atoms in total. The Labute approximate surface area is 272 Å². The topological polar surface area (TPSA) is 70.6 Å². The summed E-state index contributed by atoms with van der Waals surface area (Å²) in [4.78, 5) is 26.8. The van der Waals surface area contributed by atoms with E-state index in [0.29, 0.717) is 35.0 Å². The monoisotopic (exact) mass is 625 g/mol. The van der Waals surface area contributed by atoms with Crippen molar-refractivity contribution in [2.75, 3.05) is 31.6 Å². The lowest BCUT2D eigenvalue weighted by Crippen LogP contribution is -2.48. The van der Waals surface area contributed by atoms with Crippen molar-refractivity contribution in [2.24, 2.45) is 0 Å². The number of aryl methyl sites for hydroxylation is 3. The highest BCUT2D eigenvalue weighted by atomic mass is 35.5. The maximum atomic E-state index is 12.9. The Balaban J connectivity index is 1.27. The van der Waals surface area contributed by atoms with Crippen LogP contribution in [-0.2, 0) is 6.54 Å². The second-order valence-corrected chi connectivity index (χ2v) is 12.4. The summed E-state index contributed by atoms with van der Waals surface area (Å²) in [7, 11) is 1.70. The van der Waals surface area contributed by atoms with Crippen LogP contribution in [0.5, 0.6) is 5.75 Å². The molecule has 0 bridgehead atoms. The number of ether oxygens (including phenoxy) is 1. The molecule has 236 valence electrons. The number of anilines is 1. The number of nitrogens with zero attached hydrogens (tertiary/aromatic N) is 4. The Hall–Kier alpha value is -3.94. The number of amides is 1. The molecule has 2 aromatic carbocycles. The summed E-state index contributed by atoms with van der Waals surface area (Å²) in [5, 5.41) is 3.52. The summed E-state index contributed by atoms with van der Waals surface area (Å²) in [6.45, 7) is 11.6. The number of methoxy groups -OCH3 is 1. The zero-order valence-electron chi connectivity index (χ0n) is 27.0. The normalized spacial score (nSPS) is 14.6. The lowest BCUT2D eigenvalue weighted by atomic mass is 9.96. The van der Waals surface area contributed by atoms with E-state index in [4.69, 9.17) is 16.3 Å². The molecule has 1 N–H and O–H groups in total. The fraction of sp³-hybridized carbons (Fsp3) is 0.378. The summed E-state index contributed by atoms with van der Waals surface area (Å²) < 4.78 is 5.42. The fourth-order valence-electron chi connectivity index (χ4n) is 6.43. The van der Waals surface area contributed by atoms with Gasteiger partial charge >= 0.3 is 0 Å². The molecule has 1 aliphatic heterocycles. The molecule has 0 aliphatic carbocycles. The van der Waals surface area contributed by atoms with Gasteiger partial charge in [0.2, 0.25) is 0 Å². The van der Waals surface area contributed by atoms with Gasteiger partial charge in [0.25, 0.3) is 5.91 Å². The van der Waals surface area contributed by atoms with E-state index in [1.807, 2.05) is 38.4 Å². The van der Waals surface area contributed by atoms with E-state index in [-0.39, 0.29) is 5.91 Å². The van der Waals surface area contributed by atoms with Gasteiger partial charge < -0.3 is 19.9 Å². The van der Waals surface area contributed by atoms with Crippen LogP contribution in [0.3, 0.4) is 0 Å². The van der Waals surface area contributed by atoms with Crippen LogP contribution >= 0.6 is 11.6 Å². The Morgan fingerprint density at radius 3 is 2.49 bits per heavy atom. The largest absolute Gasteiger partial charge is 0.497 e. The number of pyridine rings is 2. The molecule has 1 atom stereocenters. The minimum absolute atomic E-state index is 0.0862. The lowest BCUT2D eigenvalue weighted by molar-refractivity contribution is 0.0943. The first kappa shape index (κ1) is 32.5. The Bertz CT molecular complexity index is 1580. The molecule has 0 spiro atoms. The molecule has 1 aliphatic rings. The van der Waals surface area contributed by atoms with Crippen LogP contribution in [0.15, 0.2) is 73.1 Å². The van der Waals surface area contributed by atoms with Crippen molar-refractivity contribution in [3.63, 3.8) is 0 Å². The van der Waals surface area contributed by atoms with E-state index in [0.717, 1.165) is 50.2 Å². The number of carbonyl (C=O) groups is 1. The molecule has 3 heterocycles. The quantitative estimate of drug-likeness (QED) is 0.175. The van der Waals surface area contributed by atoms with Crippen molar-refractivity contribution in [3.05, 3.63) is 106 Å². The van der Waals surface area contributed by atoms with Crippen LogP contribution < -0.4 is 15.0 Å². The number of para-hydroxylation sites is 1. The summed E-state index contributed by atoms with van der Waals surface area (Å²) in [6.07, 6.45) is 6.87. The van der Waals surface area contributed by atoms with Crippen LogP contribution in [-0.4, -0.2) is 59.6 Å². The smallest absolute Gasteiger partial charge is 0.253 e. The number of hydrogen-bond donors (Lipinski definition) is 1. The number of benzene rings is 2. The average Bonchev–Trinajstić information content (AvgIpc) is 3.04. The van der Waals surface area contributed by atoms with Crippen LogP contribution in [0, 0.1) is 20.8 Å². The number of nitrogens with one attached hydrogen (secondary N) is 1. The predicted octanol–water partition coefficient (Wildman–Crippen LogP) is 7.41. The molecule has 0 unspecified atom stereocenters. The molecule has 0 saturated carbocycles. The van der Waals surface area contributed by atoms with E-state index in [1.54, 1.807) is 13.2 Å². The number of piperidine rings is 1. The van der Waals surface area contributed by atoms with Crippen molar-refractivity contribution in [1.82, 2.24) is 20.2 Å². The zero-order valence-corrected chi connectivity index (χ0v) is 27.8. The van der Waals surface area contributed by atoms with Gasteiger partial charge in [0.05, 0.1) is 18.4 Å². The van der Waals surface area contributed by atoms with E-state index in [9.17, 15) is 4.79 Å². The average molecular weight is 626 g/mol. The first-order valence-electron chi connectivity index (χ1n) is 15.8. The maximum Gasteiger partial charge on any atom is 0.253 e. The SMILES string of the molecule is COc1ccc(-c2ccccc2N(Cc2cnccc2C)C2CCN([C@@H](C)CCNC(=O)c3c(C)cc(Cl)nc3C)CC2)cc1. The Morgan fingerprint density at radius 1 is 1.07 bits per heavy atom. The minimum Gasteiger partial charge on any atom is -0.497 e. The highest BCUT2D eigenvalue weighted by Gasteiger charge is 2.29. The fourth-order valence-corrected chi connectivity index (χ4v) is 6.72. The van der Waals surface area contributed by atoms with E-state index < -0.39 is 0 Å². The van der Waals surface area contributed by atoms with Crippen molar-refractivity contribution in [2.45, 2.75) is 65.6 Å². The minimum atomic E-state index is -0.0862. The molecule has 8 heteroatoms. The molecule has 1 fully saturated rings. The van der Waals surface area contributed by atoms with Gasteiger partial charge in [-0.3, -0.25) is 9.78 Å². The van der Waals surface area contributed by atoms with E-state index in [2.05, 4.69) is 81.4 Å². The number of carbonyl (C=O) groups excluding carboxylic acids is 1. The maximum absolute atomic E-state index is 12.9. The van der Waals surface area contributed by atoms with Gasteiger partial charge in [-0.05, 0) is 99.5 Å². The molecule has 1 saturated heterocycles. The predicted molar refractivity (Wildman–Crippen MR) is 183 cm³/mol. The third-order valence-electron chi connectivity index (χ3n) is 9.11. The molecular weight excluding hydrogens is 582 g/mol. The number of likely N-dealkylation sites (tertiary alicyclic amines) is 1. The summed E-state index contributed by atoms with van der Waals surface area (Å²) in [5.41, 5.74) is 8.25. The van der Waals surface area contributed by atoms with Crippen molar-refractivity contribution in [3.8, 4) is 16.9 Å². The van der Waals surface area contributed by atoms with Crippen LogP contribution in [0.2, 0.25) is 5.15 Å². The van der Waals surface area contributed by atoms with Crippen LogP contribution in [0.1, 0.15) is 58.9 Å². The zero-order chi connectivity index (χ0) is 31.9. The summed E-state index contributed by atoms with van der Waals surface area (Å²) in [5.74, 6) is 0.768. The van der Waals surface area contributed by atoms with Crippen molar-refractivity contribution < 1.29 is 9.53 Å². The highest BCUT2D eigenvalue weighted by Crippen LogP contribution is 2.36. The highest BCUT2D eigenvalue weighted by molar-refractivity contribution is 6.29. The molecule has 1 amide bonds. The van der Waals surface area contributed by atoms with Gasteiger partial charge in [-0.25, -0.2) is 4.98 Å². The third-order valence-corrected chi connectivity index (χ3v) is 9.30. The van der Waals surface area contributed by atoms with Gasteiger partial charge in [-0.15, -0.1) is 0 Å². The van der Waals surface area contributed by atoms with Crippen LogP contribution in [0.25, 0.3) is 11.1 Å². The molecule has 45 heavy (non-hydrogen) atoms. The van der Waals surface area contributed by atoms with Gasteiger partial charge in [0, 0.05) is 61.9 Å². The summed E-state index contributed by atoms with van der Waals surface area (Å²) >= 11 is 6.06. The molecule has 5 rings (SSSR count). The number of aromatic nitrogens is 2. The Kier molecular flexibility index (Phi) is 10.7. The van der Waals surface area contributed by atoms with E-state index in [1.165, 1.54) is 27.9 Å². The van der Waals surface area contributed by atoms with Gasteiger partial charge in [0.15, 0.2) is 0 Å². The number of rotatable bonds is 11. The van der Waals surface area contributed by atoms with Gasteiger partial charge in [0.1, 0.15) is 10.9 Å². The van der Waals surface area contributed by atoms with Crippen molar-refractivity contribution in [1.29, 1.82) is 0 Å². The number of halogens is 1. The van der Waals surface area contributed by atoms with Crippen molar-refractivity contribution >= 4 is 23.2 Å². The van der Waals surface area contributed by atoms with E-state index >= 15 is 0 Å². The van der Waals surface area contributed by atoms with Crippen LogP contribution in [0.4, 0.5) is 5.69 Å². The van der Waals surface area contributed by atoms with Gasteiger partial charge in [-0.1, -0.05) is 41.9 Å².